The summed E-state index contributed by atoms with van der Waals surface area (Å²) in [7, 11) is 6.05. The van der Waals surface area contributed by atoms with Crippen LogP contribution in [0.3, 0.4) is 0 Å². The Balaban J connectivity index is 1.73. The minimum absolute atomic E-state index is 0.128. The van der Waals surface area contributed by atoms with Crippen molar-refractivity contribution < 1.29 is 32.9 Å². The Labute approximate surface area is 214 Å². The third kappa shape index (κ3) is 5.30. The molecule has 0 aliphatic carbocycles. The van der Waals surface area contributed by atoms with Crippen LogP contribution in [0.2, 0.25) is 0 Å². The van der Waals surface area contributed by atoms with Crippen LogP contribution >= 0.6 is 0 Å². The molecule has 2 unspecified atom stereocenters. The summed E-state index contributed by atoms with van der Waals surface area (Å²) in [5.41, 5.74) is 1.71. The number of carbonyl (C=O) groups is 2. The second-order valence-corrected chi connectivity index (χ2v) is 8.51. The molecule has 2 amide bonds. The molecule has 1 heterocycles. The van der Waals surface area contributed by atoms with E-state index in [1.165, 1.54) is 33.5 Å². The van der Waals surface area contributed by atoms with E-state index in [9.17, 15) is 14.0 Å². The van der Waals surface area contributed by atoms with Gasteiger partial charge in [-0.3, -0.25) is 9.59 Å². The van der Waals surface area contributed by atoms with Crippen LogP contribution in [0.25, 0.3) is 0 Å². The maximum absolute atomic E-state index is 13.8. The number of nitrogens with one attached hydrogen (secondary N) is 1. The zero-order chi connectivity index (χ0) is 26.5. The summed E-state index contributed by atoms with van der Waals surface area (Å²) < 4.78 is 35.2. The highest BCUT2D eigenvalue weighted by Gasteiger charge is 2.41. The highest BCUT2D eigenvalue weighted by Crippen LogP contribution is 2.43. The van der Waals surface area contributed by atoms with Crippen molar-refractivity contribution in [2.45, 2.75) is 18.9 Å². The van der Waals surface area contributed by atoms with Crippen LogP contribution in [0, 0.1) is 11.7 Å². The highest BCUT2D eigenvalue weighted by molar-refractivity contribution is 6.00. The van der Waals surface area contributed by atoms with Crippen LogP contribution in [0.1, 0.15) is 24.4 Å². The van der Waals surface area contributed by atoms with Gasteiger partial charge < -0.3 is 29.2 Å². The van der Waals surface area contributed by atoms with Gasteiger partial charge in [0.05, 0.1) is 40.4 Å². The molecule has 1 aliphatic rings. The molecule has 1 aliphatic heterocycles. The first kappa shape index (κ1) is 25.8. The van der Waals surface area contributed by atoms with Gasteiger partial charge in [-0.15, -0.1) is 0 Å². The third-order valence-electron chi connectivity index (χ3n) is 6.43. The van der Waals surface area contributed by atoms with E-state index in [0.717, 1.165) is 0 Å². The van der Waals surface area contributed by atoms with Crippen molar-refractivity contribution in [3.63, 3.8) is 0 Å². The number of carbonyl (C=O) groups excluding carboxylic acids is 2. The van der Waals surface area contributed by atoms with E-state index in [4.69, 9.17) is 18.9 Å². The Morgan fingerprint density at radius 1 is 0.892 bits per heavy atom. The average molecular weight is 509 g/mol. The van der Waals surface area contributed by atoms with Gasteiger partial charge in [0, 0.05) is 29.9 Å². The van der Waals surface area contributed by atoms with E-state index >= 15 is 0 Å². The van der Waals surface area contributed by atoms with Gasteiger partial charge in [0.15, 0.2) is 11.5 Å². The topological polar surface area (TPSA) is 86.3 Å². The maximum atomic E-state index is 13.8. The largest absolute Gasteiger partial charge is 0.497 e. The molecule has 3 aromatic carbocycles. The monoisotopic (exact) mass is 508 g/mol. The first-order valence-corrected chi connectivity index (χ1v) is 11.7. The van der Waals surface area contributed by atoms with E-state index in [0.29, 0.717) is 46.4 Å². The van der Waals surface area contributed by atoms with Crippen LogP contribution in [0.15, 0.2) is 60.7 Å². The quantitative estimate of drug-likeness (QED) is 0.462. The molecule has 4 rings (SSSR count). The second kappa shape index (κ2) is 11.2. The zero-order valence-corrected chi connectivity index (χ0v) is 21.1. The predicted octanol–water partition coefficient (Wildman–Crippen LogP) is 4.98. The summed E-state index contributed by atoms with van der Waals surface area (Å²) in [5, 5.41) is 2.94. The standard InChI is InChI=1S/C28H29FN2O6/c1-34-21-11-9-20(10-12-21)31-25(32)14-13-22(26(31)17-5-7-18(29)8-6-17)28(33)30-19-15-23(35-2)27(37-4)24(16-19)36-3/h5-12,15-16,22,26H,13-14H2,1-4H3,(H,30,33). The summed E-state index contributed by atoms with van der Waals surface area (Å²) in [6.07, 6.45) is 0.501. The van der Waals surface area contributed by atoms with Gasteiger partial charge >= 0.3 is 0 Å². The van der Waals surface area contributed by atoms with Crippen molar-refractivity contribution in [2.24, 2.45) is 5.92 Å². The number of amides is 2. The van der Waals surface area contributed by atoms with Gasteiger partial charge in [0.2, 0.25) is 17.6 Å². The van der Waals surface area contributed by atoms with E-state index < -0.39 is 17.8 Å². The molecule has 3 aromatic rings. The second-order valence-electron chi connectivity index (χ2n) is 8.51. The number of nitrogens with zero attached hydrogens (tertiary/aromatic N) is 1. The molecular weight excluding hydrogens is 479 g/mol. The first-order chi connectivity index (χ1) is 17.9. The lowest BCUT2D eigenvalue weighted by atomic mass is 9.83. The minimum atomic E-state index is -0.655. The molecule has 1 N–H and O–H groups in total. The van der Waals surface area contributed by atoms with Crippen molar-refractivity contribution in [3.8, 4) is 23.0 Å². The SMILES string of the molecule is COc1ccc(N2C(=O)CCC(C(=O)Nc3cc(OC)c(OC)c(OC)c3)C2c2ccc(F)cc2)cc1. The minimum Gasteiger partial charge on any atom is -0.497 e. The maximum Gasteiger partial charge on any atom is 0.229 e. The highest BCUT2D eigenvalue weighted by atomic mass is 19.1. The average Bonchev–Trinajstić information content (AvgIpc) is 2.92. The number of rotatable bonds is 8. The Morgan fingerprint density at radius 2 is 1.51 bits per heavy atom. The number of hydrogen-bond donors (Lipinski definition) is 1. The Hall–Kier alpha value is -4.27. The lowest BCUT2D eigenvalue weighted by Gasteiger charge is -2.41. The molecular formula is C28H29FN2O6. The van der Waals surface area contributed by atoms with Crippen molar-refractivity contribution in [1.29, 1.82) is 0 Å². The van der Waals surface area contributed by atoms with Crippen molar-refractivity contribution in [2.75, 3.05) is 38.7 Å². The van der Waals surface area contributed by atoms with Crippen LogP contribution < -0.4 is 29.2 Å². The molecule has 0 bridgehead atoms. The number of piperidine rings is 1. The number of ether oxygens (including phenoxy) is 4. The molecule has 37 heavy (non-hydrogen) atoms. The summed E-state index contributed by atoms with van der Waals surface area (Å²) in [6.45, 7) is 0. The third-order valence-corrected chi connectivity index (χ3v) is 6.43. The molecule has 194 valence electrons. The summed E-state index contributed by atoms with van der Waals surface area (Å²) in [6, 6.07) is 15.5. The normalized spacial score (nSPS) is 17.2. The molecule has 0 saturated carbocycles. The Bertz CT molecular complexity index is 1240. The molecule has 0 aromatic heterocycles. The molecule has 1 fully saturated rings. The van der Waals surface area contributed by atoms with Crippen LogP contribution in [0.5, 0.6) is 23.0 Å². The summed E-state index contributed by atoms with van der Waals surface area (Å²) in [4.78, 5) is 28.5. The number of methoxy groups -OCH3 is 4. The fourth-order valence-corrected chi connectivity index (χ4v) is 4.64. The molecule has 2 atom stereocenters. The van der Waals surface area contributed by atoms with Crippen molar-refractivity contribution in [1.82, 2.24) is 0 Å². The van der Waals surface area contributed by atoms with Crippen LogP contribution in [0.4, 0.5) is 15.8 Å². The number of hydrogen-bond acceptors (Lipinski definition) is 6. The fourth-order valence-electron chi connectivity index (χ4n) is 4.64. The van der Waals surface area contributed by atoms with Gasteiger partial charge in [-0.1, -0.05) is 12.1 Å². The summed E-state index contributed by atoms with van der Waals surface area (Å²) >= 11 is 0. The first-order valence-electron chi connectivity index (χ1n) is 11.7. The zero-order valence-electron chi connectivity index (χ0n) is 21.1. The van der Waals surface area contributed by atoms with Crippen molar-refractivity contribution in [3.05, 3.63) is 72.0 Å². The smallest absolute Gasteiger partial charge is 0.229 e. The molecule has 0 spiro atoms. The predicted molar refractivity (Wildman–Crippen MR) is 137 cm³/mol. The number of benzene rings is 3. The lowest BCUT2D eigenvalue weighted by molar-refractivity contribution is -0.125. The number of halogens is 1. The van der Waals surface area contributed by atoms with Crippen LogP contribution in [-0.2, 0) is 9.59 Å². The lowest BCUT2D eigenvalue weighted by Crippen LogP contribution is -2.47. The fraction of sp³-hybridized carbons (Fsp3) is 0.286. The van der Waals surface area contributed by atoms with Crippen LogP contribution in [-0.4, -0.2) is 40.3 Å². The van der Waals surface area contributed by atoms with Gasteiger partial charge in [-0.2, -0.15) is 0 Å². The van der Waals surface area contributed by atoms with E-state index in [-0.39, 0.29) is 18.2 Å². The van der Waals surface area contributed by atoms with Gasteiger partial charge in [0.1, 0.15) is 11.6 Å². The molecule has 0 radical (unpaired) electrons. The Kier molecular flexibility index (Phi) is 7.81. The van der Waals surface area contributed by atoms with E-state index in [2.05, 4.69) is 5.32 Å². The molecule has 1 saturated heterocycles. The van der Waals surface area contributed by atoms with Gasteiger partial charge in [-0.05, 0) is 48.4 Å². The summed E-state index contributed by atoms with van der Waals surface area (Å²) in [5.74, 6) is 0.386. The Morgan fingerprint density at radius 3 is 2.05 bits per heavy atom. The molecule has 9 heteroatoms. The van der Waals surface area contributed by atoms with Crippen molar-refractivity contribution >= 4 is 23.2 Å². The van der Waals surface area contributed by atoms with E-state index in [1.54, 1.807) is 60.5 Å². The van der Waals surface area contributed by atoms with Gasteiger partial charge in [-0.25, -0.2) is 4.39 Å². The molecule has 8 nitrogen and oxygen atoms in total. The number of anilines is 2. The van der Waals surface area contributed by atoms with E-state index in [1.807, 2.05) is 0 Å². The van der Waals surface area contributed by atoms with Gasteiger partial charge in [0.25, 0.3) is 0 Å².